The highest BCUT2D eigenvalue weighted by atomic mass is 16.3. The number of hydrogen-bond acceptors (Lipinski definition) is 4. The van der Waals surface area contributed by atoms with E-state index in [-0.39, 0.29) is 6.10 Å². The van der Waals surface area contributed by atoms with Crippen LogP contribution >= 0.6 is 0 Å². The Morgan fingerprint density at radius 1 is 0.923 bits per heavy atom. The number of aryl methyl sites for hydroxylation is 2. The molecule has 7 rings (SSSR count). The molecular formula is C33H37N5O. The summed E-state index contributed by atoms with van der Waals surface area (Å²) in [6.07, 6.45) is 3.97. The predicted octanol–water partition coefficient (Wildman–Crippen LogP) is 6.05. The summed E-state index contributed by atoms with van der Waals surface area (Å²) >= 11 is 0. The fourth-order valence-corrected chi connectivity index (χ4v) is 6.75. The number of aliphatic hydroxyl groups is 1. The standard InChI is InChI=1S/C33H37N5O/c1-22-7-3-4-8-27(22)32-28-12-11-23(19-31(28)36(2)35-32)20-37-15-13-25(14-16-37)33-34-29-9-5-6-10-30(29)38(33)21-24-17-26(39)18-24/h3-12,19,24-26,39H,13-18,20-21H2,1-2H3. The molecule has 1 aliphatic heterocycles. The van der Waals surface area contributed by atoms with Gasteiger partial charge in [-0.05, 0) is 80.9 Å². The van der Waals surface area contributed by atoms with Gasteiger partial charge in [-0.25, -0.2) is 4.98 Å². The molecule has 6 heteroatoms. The van der Waals surface area contributed by atoms with Gasteiger partial charge in [0, 0.05) is 37.0 Å². The second-order valence-corrected chi connectivity index (χ2v) is 11.7. The lowest BCUT2D eigenvalue weighted by Crippen LogP contribution is -2.34. The Morgan fingerprint density at radius 2 is 1.69 bits per heavy atom. The Balaban J connectivity index is 1.07. The quantitative estimate of drug-likeness (QED) is 0.297. The van der Waals surface area contributed by atoms with Crippen molar-refractivity contribution in [2.24, 2.45) is 13.0 Å². The minimum Gasteiger partial charge on any atom is -0.393 e. The zero-order valence-corrected chi connectivity index (χ0v) is 22.9. The number of para-hydroxylation sites is 2. The van der Waals surface area contributed by atoms with Gasteiger partial charge in [0.25, 0.3) is 0 Å². The zero-order valence-electron chi connectivity index (χ0n) is 22.9. The summed E-state index contributed by atoms with van der Waals surface area (Å²) in [4.78, 5) is 7.71. The van der Waals surface area contributed by atoms with Crippen molar-refractivity contribution in [1.82, 2.24) is 24.2 Å². The Bertz CT molecular complexity index is 1640. The van der Waals surface area contributed by atoms with Gasteiger partial charge < -0.3 is 9.67 Å². The summed E-state index contributed by atoms with van der Waals surface area (Å²) in [6, 6.07) is 23.9. The number of likely N-dealkylation sites (tertiary alicyclic amines) is 1. The molecule has 0 radical (unpaired) electrons. The van der Waals surface area contributed by atoms with Crippen LogP contribution in [0.3, 0.4) is 0 Å². The minimum atomic E-state index is -0.115. The third-order valence-electron chi connectivity index (χ3n) is 9.01. The van der Waals surface area contributed by atoms with Gasteiger partial charge in [-0.3, -0.25) is 9.58 Å². The van der Waals surface area contributed by atoms with Crippen LogP contribution in [-0.4, -0.2) is 48.5 Å². The number of imidazole rings is 1. The lowest BCUT2D eigenvalue weighted by Gasteiger charge is -2.34. The average Bonchev–Trinajstić information content (AvgIpc) is 3.46. The van der Waals surface area contributed by atoms with E-state index in [1.165, 1.54) is 38.9 Å². The van der Waals surface area contributed by atoms with Crippen LogP contribution in [0.15, 0.2) is 66.7 Å². The zero-order chi connectivity index (χ0) is 26.5. The van der Waals surface area contributed by atoms with E-state index >= 15 is 0 Å². The van der Waals surface area contributed by atoms with E-state index < -0.39 is 0 Å². The molecule has 0 atom stereocenters. The van der Waals surface area contributed by atoms with Crippen LogP contribution in [0.4, 0.5) is 0 Å². The molecule has 2 aliphatic rings. The highest BCUT2D eigenvalue weighted by Crippen LogP contribution is 2.35. The summed E-state index contributed by atoms with van der Waals surface area (Å²) in [6.45, 7) is 6.24. The minimum absolute atomic E-state index is 0.115. The molecule has 3 heterocycles. The van der Waals surface area contributed by atoms with Gasteiger partial charge in [0.1, 0.15) is 11.5 Å². The van der Waals surface area contributed by atoms with Crippen molar-refractivity contribution in [2.45, 2.75) is 57.7 Å². The number of fused-ring (bicyclic) bond motifs is 2. The van der Waals surface area contributed by atoms with Gasteiger partial charge in [0.15, 0.2) is 0 Å². The predicted molar refractivity (Wildman–Crippen MR) is 157 cm³/mol. The van der Waals surface area contributed by atoms with Crippen LogP contribution in [0.5, 0.6) is 0 Å². The third-order valence-corrected chi connectivity index (χ3v) is 9.01. The lowest BCUT2D eigenvalue weighted by molar-refractivity contribution is 0.0351. The number of nitrogens with zero attached hydrogens (tertiary/aromatic N) is 5. The number of aliphatic hydroxyl groups excluding tert-OH is 1. The van der Waals surface area contributed by atoms with Crippen molar-refractivity contribution in [3.05, 3.63) is 83.7 Å². The normalized spacial score (nSPS) is 20.6. The number of hydrogen-bond donors (Lipinski definition) is 1. The maximum atomic E-state index is 9.83. The van der Waals surface area contributed by atoms with Crippen LogP contribution in [0, 0.1) is 12.8 Å². The molecule has 1 saturated heterocycles. The molecule has 1 N–H and O–H groups in total. The van der Waals surface area contributed by atoms with Gasteiger partial charge in [0.05, 0.1) is 22.7 Å². The van der Waals surface area contributed by atoms with Crippen LogP contribution in [-0.2, 0) is 20.1 Å². The number of benzene rings is 3. The first-order valence-corrected chi connectivity index (χ1v) is 14.4. The maximum absolute atomic E-state index is 9.83. The Hall–Kier alpha value is -3.48. The van der Waals surface area contributed by atoms with Crippen molar-refractivity contribution < 1.29 is 5.11 Å². The lowest BCUT2D eigenvalue weighted by atomic mass is 9.82. The van der Waals surface area contributed by atoms with E-state index in [4.69, 9.17) is 10.1 Å². The number of piperidine rings is 1. The number of rotatable bonds is 6. The van der Waals surface area contributed by atoms with Crippen molar-refractivity contribution in [3.8, 4) is 11.3 Å². The fourth-order valence-electron chi connectivity index (χ4n) is 6.75. The molecule has 0 amide bonds. The van der Waals surface area contributed by atoms with Crippen molar-refractivity contribution >= 4 is 21.9 Å². The molecule has 1 aliphatic carbocycles. The summed E-state index contributed by atoms with van der Waals surface area (Å²) in [5.74, 6) is 2.29. The van der Waals surface area contributed by atoms with Gasteiger partial charge in [0.2, 0.25) is 0 Å². The summed E-state index contributed by atoms with van der Waals surface area (Å²) in [7, 11) is 2.05. The summed E-state index contributed by atoms with van der Waals surface area (Å²) in [5.41, 5.74) is 8.40. The van der Waals surface area contributed by atoms with Crippen molar-refractivity contribution in [2.75, 3.05) is 13.1 Å². The first-order valence-electron chi connectivity index (χ1n) is 14.4. The van der Waals surface area contributed by atoms with Gasteiger partial charge >= 0.3 is 0 Å². The van der Waals surface area contributed by atoms with E-state index in [2.05, 4.69) is 90.2 Å². The Labute approximate surface area is 229 Å². The largest absolute Gasteiger partial charge is 0.393 e. The topological polar surface area (TPSA) is 59.1 Å². The van der Waals surface area contributed by atoms with E-state index in [1.807, 2.05) is 4.68 Å². The van der Waals surface area contributed by atoms with Gasteiger partial charge in [-0.2, -0.15) is 5.10 Å². The molecule has 2 aromatic heterocycles. The summed E-state index contributed by atoms with van der Waals surface area (Å²) in [5, 5.41) is 15.9. The molecule has 39 heavy (non-hydrogen) atoms. The van der Waals surface area contributed by atoms with Gasteiger partial charge in [-0.15, -0.1) is 0 Å². The molecular weight excluding hydrogens is 482 g/mol. The van der Waals surface area contributed by atoms with E-state index in [0.29, 0.717) is 11.8 Å². The first-order chi connectivity index (χ1) is 19.0. The molecule has 3 aromatic carbocycles. The highest BCUT2D eigenvalue weighted by molar-refractivity contribution is 5.94. The van der Waals surface area contributed by atoms with E-state index in [0.717, 1.165) is 63.1 Å². The first kappa shape index (κ1) is 24.6. The Morgan fingerprint density at radius 3 is 2.49 bits per heavy atom. The monoisotopic (exact) mass is 519 g/mol. The summed E-state index contributed by atoms with van der Waals surface area (Å²) < 4.78 is 4.49. The second-order valence-electron chi connectivity index (χ2n) is 11.7. The Kier molecular flexibility index (Phi) is 6.25. The molecule has 6 nitrogen and oxygen atoms in total. The average molecular weight is 520 g/mol. The molecule has 200 valence electrons. The smallest absolute Gasteiger partial charge is 0.113 e. The number of aromatic nitrogens is 4. The molecule has 0 unspecified atom stereocenters. The SMILES string of the molecule is Cc1ccccc1-c1nn(C)c2cc(CN3CCC(c4nc5ccccc5n4CC4CC(O)C4)CC3)ccc12. The van der Waals surface area contributed by atoms with E-state index in [1.54, 1.807) is 0 Å². The molecule has 2 fully saturated rings. The van der Waals surface area contributed by atoms with Crippen LogP contribution in [0.2, 0.25) is 0 Å². The fraction of sp³-hybridized carbons (Fsp3) is 0.394. The van der Waals surface area contributed by atoms with Crippen molar-refractivity contribution in [3.63, 3.8) is 0 Å². The molecule has 0 spiro atoms. The molecule has 1 saturated carbocycles. The van der Waals surface area contributed by atoms with Crippen LogP contribution in [0.25, 0.3) is 33.2 Å². The molecule has 5 aromatic rings. The van der Waals surface area contributed by atoms with Crippen molar-refractivity contribution in [1.29, 1.82) is 0 Å². The van der Waals surface area contributed by atoms with Crippen LogP contribution < -0.4 is 0 Å². The van der Waals surface area contributed by atoms with Crippen LogP contribution in [0.1, 0.15) is 48.6 Å². The van der Waals surface area contributed by atoms with E-state index in [9.17, 15) is 5.11 Å². The maximum Gasteiger partial charge on any atom is 0.113 e. The third kappa shape index (κ3) is 4.56. The molecule has 0 bridgehead atoms. The highest BCUT2D eigenvalue weighted by Gasteiger charge is 2.31. The second kappa shape index (κ2) is 9.92. The van der Waals surface area contributed by atoms with Gasteiger partial charge in [-0.1, -0.05) is 48.5 Å².